The first-order chi connectivity index (χ1) is 11.2. The van der Waals surface area contributed by atoms with Crippen LogP contribution in [0.15, 0.2) is 11.6 Å². The Balaban J connectivity index is 2.24. The van der Waals surface area contributed by atoms with Crippen LogP contribution in [0, 0.1) is 22.7 Å². The monoisotopic (exact) mass is 336 g/mol. The topological polar surface area (TPSA) is 52.6 Å². The van der Waals surface area contributed by atoms with Crippen LogP contribution in [-0.4, -0.2) is 25.2 Å². The smallest absolute Gasteiger partial charge is 0.302 e. The molecule has 0 N–H and O–H groups in total. The molecule has 2 rings (SSSR count). The molecule has 2 aliphatic carbocycles. The van der Waals surface area contributed by atoms with Gasteiger partial charge in [-0.1, -0.05) is 33.3 Å². The molecule has 2 aliphatic rings. The molecule has 3 atom stereocenters. The van der Waals surface area contributed by atoms with Gasteiger partial charge < -0.3 is 9.47 Å². The highest BCUT2D eigenvalue weighted by Crippen LogP contribution is 2.60. The van der Waals surface area contributed by atoms with Gasteiger partial charge in [0.2, 0.25) is 0 Å². The molecule has 4 heteroatoms. The van der Waals surface area contributed by atoms with Crippen molar-refractivity contribution in [2.24, 2.45) is 22.7 Å². The van der Waals surface area contributed by atoms with Crippen molar-refractivity contribution in [2.75, 3.05) is 13.2 Å². The van der Waals surface area contributed by atoms with Crippen LogP contribution < -0.4 is 0 Å². The standard InChI is InChI=1S/C20H32O4/c1-14(21)23-12-9-17-16(13-24-15(2)22)7-8-18-19(3,4)10-6-11-20(17,18)5/h7,17-18H,6,8-13H2,1-5H3/t17-,18-,20+/m0/s1. The van der Waals surface area contributed by atoms with Crippen LogP contribution in [0.4, 0.5) is 0 Å². The minimum atomic E-state index is -0.245. The lowest BCUT2D eigenvalue weighted by atomic mass is 9.48. The molecule has 0 saturated heterocycles. The van der Waals surface area contributed by atoms with E-state index in [0.717, 1.165) is 12.8 Å². The summed E-state index contributed by atoms with van der Waals surface area (Å²) in [7, 11) is 0. The van der Waals surface area contributed by atoms with E-state index in [0.29, 0.717) is 30.5 Å². The Hall–Kier alpha value is -1.32. The number of carbonyl (C=O) groups excluding carboxylic acids is 2. The van der Waals surface area contributed by atoms with Crippen LogP contribution in [0.1, 0.15) is 66.7 Å². The van der Waals surface area contributed by atoms with Gasteiger partial charge in [0.1, 0.15) is 6.61 Å². The minimum absolute atomic E-state index is 0.173. The molecule has 0 aromatic carbocycles. The number of allylic oxidation sites excluding steroid dienone is 1. The number of hydrogen-bond acceptors (Lipinski definition) is 4. The number of esters is 2. The fraction of sp³-hybridized carbons (Fsp3) is 0.800. The maximum atomic E-state index is 11.2. The van der Waals surface area contributed by atoms with E-state index >= 15 is 0 Å². The molecular weight excluding hydrogens is 304 g/mol. The maximum absolute atomic E-state index is 11.2. The number of carbonyl (C=O) groups is 2. The first-order valence-electron chi connectivity index (χ1n) is 9.12. The SMILES string of the molecule is CC(=O)OCC[C@H]1C(COC(C)=O)=CC[C@H]2C(C)(C)CCC[C@]12C. The third-order valence-corrected chi connectivity index (χ3v) is 6.29. The van der Waals surface area contributed by atoms with Crippen LogP contribution in [-0.2, 0) is 19.1 Å². The Morgan fingerprint density at radius 2 is 1.79 bits per heavy atom. The zero-order valence-electron chi connectivity index (χ0n) is 15.8. The predicted molar refractivity (Wildman–Crippen MR) is 93.3 cm³/mol. The summed E-state index contributed by atoms with van der Waals surface area (Å²) in [5, 5.41) is 0. The Morgan fingerprint density at radius 3 is 2.42 bits per heavy atom. The van der Waals surface area contributed by atoms with E-state index in [-0.39, 0.29) is 17.4 Å². The van der Waals surface area contributed by atoms with Crippen molar-refractivity contribution in [2.45, 2.75) is 66.7 Å². The highest BCUT2D eigenvalue weighted by Gasteiger charge is 2.52. The molecule has 24 heavy (non-hydrogen) atoms. The van der Waals surface area contributed by atoms with Gasteiger partial charge in [-0.25, -0.2) is 0 Å². The molecule has 0 heterocycles. The fourth-order valence-electron chi connectivity index (χ4n) is 5.19. The van der Waals surface area contributed by atoms with Crippen molar-refractivity contribution in [3.8, 4) is 0 Å². The summed E-state index contributed by atoms with van der Waals surface area (Å²) in [5.74, 6) is 0.435. The maximum Gasteiger partial charge on any atom is 0.302 e. The largest absolute Gasteiger partial charge is 0.466 e. The van der Waals surface area contributed by atoms with E-state index in [1.165, 1.54) is 38.7 Å². The molecule has 0 aliphatic heterocycles. The second-order valence-electron chi connectivity index (χ2n) is 8.38. The Bertz CT molecular complexity index is 520. The Labute approximate surface area is 146 Å². The first kappa shape index (κ1) is 19.0. The number of ether oxygens (including phenoxy) is 2. The minimum Gasteiger partial charge on any atom is -0.466 e. The van der Waals surface area contributed by atoms with Crippen molar-refractivity contribution in [1.29, 1.82) is 0 Å². The summed E-state index contributed by atoms with van der Waals surface area (Å²) in [5.41, 5.74) is 1.69. The molecule has 0 spiro atoms. The molecule has 0 unspecified atom stereocenters. The Morgan fingerprint density at radius 1 is 1.12 bits per heavy atom. The number of fused-ring (bicyclic) bond motifs is 1. The fourth-order valence-corrected chi connectivity index (χ4v) is 5.19. The highest BCUT2D eigenvalue weighted by atomic mass is 16.5. The normalized spacial score (nSPS) is 31.6. The van der Waals surface area contributed by atoms with E-state index in [9.17, 15) is 9.59 Å². The number of hydrogen-bond donors (Lipinski definition) is 0. The van der Waals surface area contributed by atoms with Crippen molar-refractivity contribution in [3.05, 3.63) is 11.6 Å². The quantitative estimate of drug-likeness (QED) is 0.555. The second kappa shape index (κ2) is 7.28. The lowest BCUT2D eigenvalue weighted by molar-refractivity contribution is -0.142. The van der Waals surface area contributed by atoms with E-state index < -0.39 is 0 Å². The molecule has 4 nitrogen and oxygen atoms in total. The molecule has 1 fully saturated rings. The van der Waals surface area contributed by atoms with Crippen molar-refractivity contribution in [3.63, 3.8) is 0 Å². The Kier molecular flexibility index (Phi) is 5.77. The zero-order chi connectivity index (χ0) is 18.0. The van der Waals surface area contributed by atoms with E-state index in [2.05, 4.69) is 26.8 Å². The lowest BCUT2D eigenvalue weighted by Gasteiger charge is -2.57. The highest BCUT2D eigenvalue weighted by molar-refractivity contribution is 5.66. The number of rotatable bonds is 5. The second-order valence-corrected chi connectivity index (χ2v) is 8.38. The predicted octanol–water partition coefficient (Wildman–Crippen LogP) is 4.28. The van der Waals surface area contributed by atoms with Gasteiger partial charge in [0.25, 0.3) is 0 Å². The lowest BCUT2D eigenvalue weighted by Crippen LogP contribution is -2.49. The van der Waals surface area contributed by atoms with Crippen LogP contribution in [0.2, 0.25) is 0 Å². The van der Waals surface area contributed by atoms with Gasteiger partial charge >= 0.3 is 11.9 Å². The van der Waals surface area contributed by atoms with Gasteiger partial charge in [0.15, 0.2) is 0 Å². The third-order valence-electron chi connectivity index (χ3n) is 6.29. The van der Waals surface area contributed by atoms with Gasteiger partial charge in [-0.05, 0) is 53.9 Å². The van der Waals surface area contributed by atoms with Crippen LogP contribution in [0.25, 0.3) is 0 Å². The summed E-state index contributed by atoms with van der Waals surface area (Å²) < 4.78 is 10.5. The molecule has 0 radical (unpaired) electrons. The average molecular weight is 336 g/mol. The molecule has 136 valence electrons. The molecular formula is C20H32O4. The molecule has 0 bridgehead atoms. The van der Waals surface area contributed by atoms with Gasteiger partial charge in [-0.2, -0.15) is 0 Å². The zero-order valence-corrected chi connectivity index (χ0v) is 15.8. The molecule has 0 aromatic rings. The summed E-state index contributed by atoms with van der Waals surface area (Å²) >= 11 is 0. The third kappa shape index (κ3) is 4.01. The van der Waals surface area contributed by atoms with Crippen LogP contribution >= 0.6 is 0 Å². The average Bonchev–Trinajstić information content (AvgIpc) is 2.45. The van der Waals surface area contributed by atoms with Crippen molar-refractivity contribution >= 4 is 11.9 Å². The molecule has 0 aromatic heterocycles. The summed E-state index contributed by atoms with van der Waals surface area (Å²) in [6.07, 6.45) is 7.80. The van der Waals surface area contributed by atoms with Gasteiger partial charge in [0.05, 0.1) is 6.61 Å². The van der Waals surface area contributed by atoms with Crippen LogP contribution in [0.5, 0.6) is 0 Å². The summed E-state index contributed by atoms with van der Waals surface area (Å²) in [4.78, 5) is 22.4. The molecule has 1 saturated carbocycles. The van der Waals surface area contributed by atoms with E-state index in [1.807, 2.05) is 0 Å². The van der Waals surface area contributed by atoms with E-state index in [1.54, 1.807) is 0 Å². The summed E-state index contributed by atoms with van der Waals surface area (Å²) in [6, 6.07) is 0. The van der Waals surface area contributed by atoms with Gasteiger partial charge in [-0.15, -0.1) is 0 Å². The summed E-state index contributed by atoms with van der Waals surface area (Å²) in [6.45, 7) is 10.8. The first-order valence-corrected chi connectivity index (χ1v) is 9.12. The molecule has 0 amide bonds. The van der Waals surface area contributed by atoms with Crippen molar-refractivity contribution in [1.82, 2.24) is 0 Å². The van der Waals surface area contributed by atoms with Crippen LogP contribution in [0.3, 0.4) is 0 Å². The van der Waals surface area contributed by atoms with Gasteiger partial charge in [0, 0.05) is 13.8 Å². The van der Waals surface area contributed by atoms with Crippen molar-refractivity contribution < 1.29 is 19.1 Å². The van der Waals surface area contributed by atoms with Gasteiger partial charge in [-0.3, -0.25) is 9.59 Å². The van der Waals surface area contributed by atoms with E-state index in [4.69, 9.17) is 9.47 Å².